The summed E-state index contributed by atoms with van der Waals surface area (Å²) in [4.78, 5) is 39.6. The Morgan fingerprint density at radius 3 is 2.74 bits per heavy atom. The molecule has 2 atom stereocenters. The number of benzene rings is 2. The molecule has 2 aliphatic rings. The normalized spacial score (nSPS) is 18.1. The molecule has 0 radical (unpaired) electrons. The third kappa shape index (κ3) is 4.33. The molecule has 1 fully saturated rings. The lowest BCUT2D eigenvalue weighted by molar-refractivity contribution is -0.122. The van der Waals surface area contributed by atoms with E-state index in [-0.39, 0.29) is 43.5 Å². The van der Waals surface area contributed by atoms with Crippen molar-refractivity contribution < 1.29 is 23.9 Å². The lowest BCUT2D eigenvalue weighted by atomic mass is 10.1. The number of fused-ring (bicyclic) bond motifs is 1. The minimum absolute atomic E-state index is 0.0268. The van der Waals surface area contributed by atoms with Crippen LogP contribution in [-0.2, 0) is 9.59 Å². The molecule has 162 valence electrons. The van der Waals surface area contributed by atoms with E-state index in [1.165, 1.54) is 0 Å². The number of rotatable bonds is 6. The van der Waals surface area contributed by atoms with Crippen LogP contribution >= 0.6 is 0 Å². The molecule has 31 heavy (non-hydrogen) atoms. The van der Waals surface area contributed by atoms with E-state index in [0.29, 0.717) is 28.4 Å². The van der Waals surface area contributed by atoms with Gasteiger partial charge in [0, 0.05) is 30.8 Å². The third-order valence-electron chi connectivity index (χ3n) is 5.58. The van der Waals surface area contributed by atoms with Crippen LogP contribution in [0.25, 0.3) is 0 Å². The molecule has 0 unspecified atom stereocenters. The van der Waals surface area contributed by atoms with Crippen molar-refractivity contribution in [1.82, 2.24) is 5.32 Å². The van der Waals surface area contributed by atoms with Gasteiger partial charge in [-0.1, -0.05) is 19.1 Å². The van der Waals surface area contributed by atoms with Crippen LogP contribution < -0.4 is 25.0 Å². The average molecular weight is 423 g/mol. The van der Waals surface area contributed by atoms with Crippen molar-refractivity contribution >= 4 is 29.1 Å². The van der Waals surface area contributed by atoms with Crippen molar-refractivity contribution in [3.05, 3.63) is 48.0 Å². The number of carbonyl (C=O) groups excluding carboxylic acids is 3. The number of anilines is 2. The fraction of sp³-hybridized carbons (Fsp3) is 0.348. The minimum atomic E-state index is -0.524. The van der Waals surface area contributed by atoms with Gasteiger partial charge < -0.3 is 25.0 Å². The van der Waals surface area contributed by atoms with Crippen LogP contribution in [0, 0.1) is 5.92 Å². The van der Waals surface area contributed by atoms with Crippen LogP contribution in [0.3, 0.4) is 0 Å². The van der Waals surface area contributed by atoms with Crippen LogP contribution in [0.2, 0.25) is 0 Å². The highest BCUT2D eigenvalue weighted by atomic mass is 16.7. The largest absolute Gasteiger partial charge is 0.454 e. The van der Waals surface area contributed by atoms with Crippen molar-refractivity contribution in [2.24, 2.45) is 5.92 Å². The van der Waals surface area contributed by atoms with Crippen molar-refractivity contribution in [2.75, 3.05) is 23.6 Å². The van der Waals surface area contributed by atoms with E-state index in [1.54, 1.807) is 47.4 Å². The number of nitrogens with one attached hydrogen (secondary N) is 2. The zero-order chi connectivity index (χ0) is 22.0. The molecular formula is C23H25N3O5. The van der Waals surface area contributed by atoms with Crippen molar-refractivity contribution in [2.45, 2.75) is 32.7 Å². The van der Waals surface area contributed by atoms with E-state index in [9.17, 15) is 14.4 Å². The fourth-order valence-electron chi connectivity index (χ4n) is 3.61. The summed E-state index contributed by atoms with van der Waals surface area (Å²) in [5.41, 5.74) is 1.49. The number of carbonyl (C=O) groups is 3. The molecule has 0 spiro atoms. The molecule has 0 bridgehead atoms. The molecule has 8 nitrogen and oxygen atoms in total. The summed E-state index contributed by atoms with van der Waals surface area (Å²) in [7, 11) is 0. The van der Waals surface area contributed by atoms with Crippen LogP contribution in [0.1, 0.15) is 37.0 Å². The van der Waals surface area contributed by atoms with E-state index in [4.69, 9.17) is 9.47 Å². The van der Waals surface area contributed by atoms with Crippen LogP contribution in [0.15, 0.2) is 42.5 Å². The Bertz CT molecular complexity index is 1020. The summed E-state index contributed by atoms with van der Waals surface area (Å²) in [5, 5.41) is 5.75. The molecule has 1 saturated heterocycles. The van der Waals surface area contributed by atoms with Gasteiger partial charge in [0.25, 0.3) is 5.91 Å². The highest BCUT2D eigenvalue weighted by molar-refractivity contribution is 6.07. The van der Waals surface area contributed by atoms with Crippen LogP contribution in [-0.4, -0.2) is 37.1 Å². The SMILES string of the molecule is CC[C@H](C)NC(=O)c1ccccc1NC(=O)[C@H]1CC(=O)N(c2ccc3c(c2)OCO3)C1. The molecule has 0 aliphatic carbocycles. The summed E-state index contributed by atoms with van der Waals surface area (Å²) < 4.78 is 10.7. The number of para-hydroxylation sites is 1. The Balaban J connectivity index is 1.45. The van der Waals surface area contributed by atoms with Gasteiger partial charge in [0.2, 0.25) is 18.6 Å². The first-order valence-corrected chi connectivity index (χ1v) is 10.4. The standard InChI is InChI=1S/C23H25N3O5/c1-3-14(2)24-23(29)17-6-4-5-7-18(17)25-22(28)15-10-21(27)26(12-15)16-8-9-19-20(11-16)31-13-30-19/h4-9,11,14-15H,3,10,12-13H2,1-2H3,(H,24,29)(H,25,28)/t14-,15-/m0/s1. The maximum atomic E-state index is 12.9. The Kier molecular flexibility index (Phi) is 5.79. The topological polar surface area (TPSA) is 97.0 Å². The fourth-order valence-corrected chi connectivity index (χ4v) is 3.61. The van der Waals surface area contributed by atoms with Gasteiger partial charge >= 0.3 is 0 Å². The zero-order valence-corrected chi connectivity index (χ0v) is 17.5. The molecule has 0 saturated carbocycles. The van der Waals surface area contributed by atoms with Crippen molar-refractivity contribution in [1.29, 1.82) is 0 Å². The zero-order valence-electron chi connectivity index (χ0n) is 17.5. The summed E-state index contributed by atoms with van der Waals surface area (Å²) in [6, 6.07) is 12.2. The van der Waals surface area contributed by atoms with Gasteiger partial charge in [-0.05, 0) is 37.6 Å². The Morgan fingerprint density at radius 1 is 1.16 bits per heavy atom. The van der Waals surface area contributed by atoms with Crippen LogP contribution in [0.5, 0.6) is 11.5 Å². The molecule has 2 aromatic rings. The first-order valence-electron chi connectivity index (χ1n) is 10.4. The predicted molar refractivity (Wildman–Crippen MR) is 115 cm³/mol. The second-order valence-corrected chi connectivity index (χ2v) is 7.76. The summed E-state index contributed by atoms with van der Waals surface area (Å²) >= 11 is 0. The van der Waals surface area contributed by atoms with Gasteiger partial charge in [0.15, 0.2) is 11.5 Å². The first-order chi connectivity index (χ1) is 15.0. The molecule has 2 aromatic carbocycles. The Labute approximate surface area is 180 Å². The summed E-state index contributed by atoms with van der Waals surface area (Å²) in [6.45, 7) is 4.32. The molecular weight excluding hydrogens is 398 g/mol. The number of hydrogen-bond donors (Lipinski definition) is 2. The van der Waals surface area contributed by atoms with Gasteiger partial charge in [-0.15, -0.1) is 0 Å². The molecule has 2 heterocycles. The Morgan fingerprint density at radius 2 is 1.94 bits per heavy atom. The minimum Gasteiger partial charge on any atom is -0.454 e. The molecule has 4 rings (SSSR count). The molecule has 0 aromatic heterocycles. The van der Waals surface area contributed by atoms with E-state index in [0.717, 1.165) is 6.42 Å². The van der Waals surface area contributed by atoms with Gasteiger partial charge in [-0.2, -0.15) is 0 Å². The maximum absolute atomic E-state index is 12.9. The number of hydrogen-bond acceptors (Lipinski definition) is 5. The van der Waals surface area contributed by atoms with Gasteiger partial charge in [-0.25, -0.2) is 0 Å². The molecule has 2 aliphatic heterocycles. The summed E-state index contributed by atoms with van der Waals surface area (Å²) in [5.74, 6) is 0.0250. The highest BCUT2D eigenvalue weighted by Crippen LogP contribution is 2.37. The lowest BCUT2D eigenvalue weighted by Crippen LogP contribution is -2.33. The Hall–Kier alpha value is -3.55. The summed E-state index contributed by atoms with van der Waals surface area (Å²) in [6.07, 6.45) is 0.904. The van der Waals surface area contributed by atoms with Gasteiger partial charge in [0.1, 0.15) is 0 Å². The monoisotopic (exact) mass is 423 g/mol. The predicted octanol–water partition coefficient (Wildman–Crippen LogP) is 2.94. The number of ether oxygens (including phenoxy) is 2. The third-order valence-corrected chi connectivity index (χ3v) is 5.58. The molecule has 8 heteroatoms. The molecule has 3 amide bonds. The quantitative estimate of drug-likeness (QED) is 0.745. The van der Waals surface area contributed by atoms with Gasteiger partial charge in [0.05, 0.1) is 17.2 Å². The number of amides is 3. The number of nitrogens with zero attached hydrogens (tertiary/aromatic N) is 1. The van der Waals surface area contributed by atoms with E-state index < -0.39 is 5.92 Å². The van der Waals surface area contributed by atoms with Crippen molar-refractivity contribution in [3.63, 3.8) is 0 Å². The van der Waals surface area contributed by atoms with E-state index in [1.807, 2.05) is 13.8 Å². The van der Waals surface area contributed by atoms with Gasteiger partial charge in [-0.3, -0.25) is 14.4 Å². The molecule has 2 N–H and O–H groups in total. The second kappa shape index (κ2) is 8.67. The van der Waals surface area contributed by atoms with Crippen molar-refractivity contribution in [3.8, 4) is 11.5 Å². The van der Waals surface area contributed by atoms with Crippen LogP contribution in [0.4, 0.5) is 11.4 Å². The average Bonchev–Trinajstić information content (AvgIpc) is 3.39. The second-order valence-electron chi connectivity index (χ2n) is 7.76. The van der Waals surface area contributed by atoms with E-state index in [2.05, 4.69) is 10.6 Å². The lowest BCUT2D eigenvalue weighted by Gasteiger charge is -2.18. The smallest absolute Gasteiger partial charge is 0.253 e. The van der Waals surface area contributed by atoms with E-state index >= 15 is 0 Å². The highest BCUT2D eigenvalue weighted by Gasteiger charge is 2.36. The maximum Gasteiger partial charge on any atom is 0.253 e. The first kappa shape index (κ1) is 20.7.